The Morgan fingerprint density at radius 3 is 2.68 bits per heavy atom. The molecule has 2 aromatic carbocycles. The molecule has 2 aromatic heterocycles. The molecule has 2 heterocycles. The minimum absolute atomic E-state index is 0.0111. The lowest BCUT2D eigenvalue weighted by Crippen LogP contribution is -2.34. The van der Waals surface area contributed by atoms with E-state index in [0.717, 1.165) is 10.2 Å². The highest BCUT2D eigenvalue weighted by Gasteiger charge is 2.27. The zero-order valence-electron chi connectivity index (χ0n) is 20.1. The fraction of sp³-hybridized carbons (Fsp3) is 0.240. The first-order valence-electron chi connectivity index (χ1n) is 11.3. The first kappa shape index (κ1) is 27.1. The quantitative estimate of drug-likeness (QED) is 0.172. The molecule has 0 saturated carbocycles. The van der Waals surface area contributed by atoms with Crippen LogP contribution in [-0.2, 0) is 11.3 Å². The molecule has 0 aliphatic heterocycles. The number of fused-ring (bicyclic) bond motifs is 1. The number of amides is 2. The third-order valence-corrected chi connectivity index (χ3v) is 7.80. The molecule has 0 bridgehead atoms. The van der Waals surface area contributed by atoms with Crippen molar-refractivity contribution in [1.82, 2.24) is 25.1 Å². The van der Waals surface area contributed by atoms with Crippen molar-refractivity contribution >= 4 is 73.5 Å². The molecule has 4 aromatic rings. The van der Waals surface area contributed by atoms with Crippen molar-refractivity contribution in [1.29, 1.82) is 0 Å². The van der Waals surface area contributed by atoms with E-state index >= 15 is 0 Å². The van der Waals surface area contributed by atoms with Gasteiger partial charge in [-0.15, -0.1) is 16.8 Å². The molecule has 0 saturated heterocycles. The minimum Gasteiger partial charge on any atom is -0.342 e. The largest absolute Gasteiger partial charge is 0.342 e. The molecule has 0 aliphatic rings. The lowest BCUT2D eigenvalue weighted by molar-refractivity contribution is -0.113. The van der Waals surface area contributed by atoms with Gasteiger partial charge in [0.1, 0.15) is 0 Å². The van der Waals surface area contributed by atoms with E-state index in [2.05, 4.69) is 32.4 Å². The predicted octanol–water partition coefficient (Wildman–Crippen LogP) is 6.24. The molecular weight excluding hydrogens is 551 g/mol. The summed E-state index contributed by atoms with van der Waals surface area (Å²) in [7, 11) is 0. The molecule has 0 radical (unpaired) electrons. The van der Waals surface area contributed by atoms with Crippen molar-refractivity contribution in [3.05, 3.63) is 76.6 Å². The third kappa shape index (κ3) is 6.51. The SMILES string of the molecule is C=CCn1c(SCC(=O)Nc2nc3ccccc3s2)nnc1[C@@H](NC(=O)c1ccc(Cl)cc1Cl)C(C)C. The van der Waals surface area contributed by atoms with E-state index in [4.69, 9.17) is 23.2 Å². The Morgan fingerprint density at radius 2 is 1.97 bits per heavy atom. The normalized spacial score (nSPS) is 12.0. The zero-order valence-corrected chi connectivity index (χ0v) is 23.2. The van der Waals surface area contributed by atoms with Crippen LogP contribution >= 0.6 is 46.3 Å². The molecule has 37 heavy (non-hydrogen) atoms. The number of allylic oxidation sites excluding steroid dienone is 1. The number of benzene rings is 2. The van der Waals surface area contributed by atoms with Crippen LogP contribution in [0.4, 0.5) is 5.13 Å². The number of carbonyl (C=O) groups is 2. The van der Waals surface area contributed by atoms with Crippen LogP contribution in [0.25, 0.3) is 10.2 Å². The summed E-state index contributed by atoms with van der Waals surface area (Å²) in [5, 5.41) is 16.3. The van der Waals surface area contributed by atoms with Crippen LogP contribution in [0.15, 0.2) is 60.3 Å². The Kier molecular flexibility index (Phi) is 8.86. The summed E-state index contributed by atoms with van der Waals surface area (Å²) in [6, 6.07) is 12.0. The van der Waals surface area contributed by atoms with Crippen LogP contribution in [0.2, 0.25) is 10.0 Å². The molecule has 0 spiro atoms. The molecule has 12 heteroatoms. The average molecular weight is 576 g/mol. The molecule has 0 aliphatic carbocycles. The molecule has 4 rings (SSSR count). The van der Waals surface area contributed by atoms with E-state index in [1.54, 1.807) is 18.2 Å². The van der Waals surface area contributed by atoms with Gasteiger partial charge in [-0.3, -0.25) is 9.59 Å². The number of hydrogen-bond acceptors (Lipinski definition) is 7. The molecule has 8 nitrogen and oxygen atoms in total. The second kappa shape index (κ2) is 12.1. The topological polar surface area (TPSA) is 102 Å². The molecule has 2 N–H and O–H groups in total. The second-order valence-electron chi connectivity index (χ2n) is 8.38. The van der Waals surface area contributed by atoms with Crippen molar-refractivity contribution in [3.8, 4) is 0 Å². The average Bonchev–Trinajstić information content (AvgIpc) is 3.44. The number of halogens is 2. The van der Waals surface area contributed by atoms with Gasteiger partial charge in [0.05, 0.1) is 32.6 Å². The number of nitrogens with one attached hydrogen (secondary N) is 2. The number of para-hydroxylation sites is 1. The van der Waals surface area contributed by atoms with E-state index in [0.29, 0.717) is 33.2 Å². The summed E-state index contributed by atoms with van der Waals surface area (Å²) in [5.41, 5.74) is 1.15. The smallest absolute Gasteiger partial charge is 0.253 e. The van der Waals surface area contributed by atoms with Crippen LogP contribution in [0.3, 0.4) is 0 Å². The second-order valence-corrected chi connectivity index (χ2v) is 11.2. The van der Waals surface area contributed by atoms with Gasteiger partial charge in [0, 0.05) is 11.6 Å². The standard InChI is InChI=1S/C25H24Cl2N6O2S2/c1-4-11-33-22(21(14(2)3)30-23(35)16-10-9-15(26)12-17(16)27)31-32-25(33)36-13-20(34)29-24-28-18-7-5-6-8-19(18)37-24/h4-10,12,14,21H,1,11,13H2,2-3H3,(H,30,35)(H,28,29,34)/t21-/m0/s1. The number of carbonyl (C=O) groups excluding carboxylic acids is 2. The fourth-order valence-electron chi connectivity index (χ4n) is 3.57. The highest BCUT2D eigenvalue weighted by atomic mass is 35.5. The predicted molar refractivity (Wildman–Crippen MR) is 151 cm³/mol. The van der Waals surface area contributed by atoms with Gasteiger partial charge in [0.25, 0.3) is 5.91 Å². The number of nitrogens with zero attached hydrogens (tertiary/aromatic N) is 4. The van der Waals surface area contributed by atoms with Gasteiger partial charge in [0.2, 0.25) is 5.91 Å². The van der Waals surface area contributed by atoms with Gasteiger partial charge in [-0.2, -0.15) is 0 Å². The van der Waals surface area contributed by atoms with Crippen LogP contribution in [0, 0.1) is 5.92 Å². The maximum absolute atomic E-state index is 13.0. The summed E-state index contributed by atoms with van der Waals surface area (Å²) in [5.74, 6) is 0.109. The lowest BCUT2D eigenvalue weighted by Gasteiger charge is -2.23. The van der Waals surface area contributed by atoms with E-state index in [1.807, 2.05) is 42.7 Å². The fourth-order valence-corrected chi connectivity index (χ4v) is 5.70. The Labute approximate surface area is 232 Å². The van der Waals surface area contributed by atoms with Crippen molar-refractivity contribution in [2.45, 2.75) is 31.6 Å². The van der Waals surface area contributed by atoms with Crippen molar-refractivity contribution in [2.75, 3.05) is 11.1 Å². The number of anilines is 1. The molecule has 0 unspecified atom stereocenters. The first-order chi connectivity index (χ1) is 17.8. The first-order valence-corrected chi connectivity index (χ1v) is 13.9. The van der Waals surface area contributed by atoms with Crippen molar-refractivity contribution in [2.24, 2.45) is 5.92 Å². The van der Waals surface area contributed by atoms with Gasteiger partial charge in [-0.25, -0.2) is 4.98 Å². The number of hydrogen-bond donors (Lipinski definition) is 2. The maximum Gasteiger partial charge on any atom is 0.253 e. The summed E-state index contributed by atoms with van der Waals surface area (Å²) in [6.07, 6.45) is 1.72. The van der Waals surface area contributed by atoms with E-state index in [-0.39, 0.29) is 28.5 Å². The molecule has 1 atom stereocenters. The third-order valence-electron chi connectivity index (χ3n) is 5.34. The highest BCUT2D eigenvalue weighted by Crippen LogP contribution is 2.28. The molecular formula is C25H24Cl2N6O2S2. The summed E-state index contributed by atoms with van der Waals surface area (Å²) < 4.78 is 2.85. The van der Waals surface area contributed by atoms with Crippen LogP contribution in [0.5, 0.6) is 0 Å². The van der Waals surface area contributed by atoms with E-state index in [9.17, 15) is 9.59 Å². The van der Waals surface area contributed by atoms with Gasteiger partial charge in [-0.05, 0) is 36.2 Å². The van der Waals surface area contributed by atoms with Gasteiger partial charge >= 0.3 is 0 Å². The highest BCUT2D eigenvalue weighted by molar-refractivity contribution is 7.99. The number of thioether (sulfide) groups is 1. The Hall–Kier alpha value is -2.92. The Balaban J connectivity index is 1.48. The summed E-state index contributed by atoms with van der Waals surface area (Å²) in [4.78, 5) is 30.1. The van der Waals surface area contributed by atoms with Gasteiger partial charge in [-0.1, -0.05) is 78.4 Å². The summed E-state index contributed by atoms with van der Waals surface area (Å²) in [6.45, 7) is 8.18. The van der Waals surface area contributed by atoms with E-state index in [1.165, 1.54) is 29.2 Å². The molecule has 0 fully saturated rings. The van der Waals surface area contributed by atoms with Crippen LogP contribution in [0.1, 0.15) is 36.1 Å². The maximum atomic E-state index is 13.0. The number of thiazole rings is 1. The minimum atomic E-state index is -0.461. The zero-order chi connectivity index (χ0) is 26.5. The number of rotatable bonds is 10. The monoisotopic (exact) mass is 574 g/mol. The van der Waals surface area contributed by atoms with Crippen LogP contribution in [-0.4, -0.2) is 37.3 Å². The molecule has 2 amide bonds. The Morgan fingerprint density at radius 1 is 1.19 bits per heavy atom. The van der Waals surface area contributed by atoms with Crippen molar-refractivity contribution < 1.29 is 9.59 Å². The van der Waals surface area contributed by atoms with Crippen molar-refractivity contribution in [3.63, 3.8) is 0 Å². The summed E-state index contributed by atoms with van der Waals surface area (Å²) >= 11 is 14.9. The molecule has 192 valence electrons. The van der Waals surface area contributed by atoms with Crippen LogP contribution < -0.4 is 10.6 Å². The van der Waals surface area contributed by atoms with E-state index < -0.39 is 6.04 Å². The lowest BCUT2D eigenvalue weighted by atomic mass is 10.0. The van der Waals surface area contributed by atoms with Gasteiger partial charge in [0.15, 0.2) is 16.1 Å². The number of aromatic nitrogens is 4. The van der Waals surface area contributed by atoms with Gasteiger partial charge < -0.3 is 15.2 Å². The Bertz CT molecular complexity index is 1420.